The van der Waals surface area contributed by atoms with Crippen molar-refractivity contribution in [3.05, 3.63) is 15.8 Å². The Morgan fingerprint density at radius 2 is 2.19 bits per heavy atom. The summed E-state index contributed by atoms with van der Waals surface area (Å²) in [4.78, 5) is 22.1. The third kappa shape index (κ3) is 2.84. The van der Waals surface area contributed by atoms with Crippen LogP contribution in [0.1, 0.15) is 44.7 Å². The van der Waals surface area contributed by atoms with Gasteiger partial charge in [0, 0.05) is 19.0 Å². The number of anilines is 1. The molecule has 1 aromatic heterocycles. The first-order chi connectivity index (χ1) is 9.82. The number of hydrogen-bond donors (Lipinski definition) is 2. The van der Waals surface area contributed by atoms with Crippen LogP contribution in [0.3, 0.4) is 0 Å². The highest BCUT2D eigenvalue weighted by molar-refractivity contribution is 5.72. The van der Waals surface area contributed by atoms with E-state index in [4.69, 9.17) is 0 Å². The molecule has 1 heterocycles. The van der Waals surface area contributed by atoms with Crippen molar-refractivity contribution >= 4 is 17.5 Å². The molecule has 1 aliphatic rings. The minimum atomic E-state index is -0.862. The van der Waals surface area contributed by atoms with Gasteiger partial charge in [-0.1, -0.05) is 20.3 Å². The molecule has 2 rings (SSSR count). The van der Waals surface area contributed by atoms with Gasteiger partial charge in [-0.05, 0) is 12.8 Å². The monoisotopic (exact) mass is 296 g/mol. The van der Waals surface area contributed by atoms with Gasteiger partial charge in [-0.15, -0.1) is 0 Å². The third-order valence-corrected chi connectivity index (χ3v) is 3.93. The molecule has 0 saturated heterocycles. The number of hydrogen-bond acceptors (Lipinski definition) is 5. The first kappa shape index (κ1) is 15.3. The molecule has 0 radical (unpaired) electrons. The van der Waals surface area contributed by atoms with E-state index in [1.54, 1.807) is 7.05 Å². The lowest BCUT2D eigenvalue weighted by Gasteiger charge is -2.18. The molecular formula is C13H20N4O4. The van der Waals surface area contributed by atoms with E-state index in [9.17, 15) is 20.0 Å². The Morgan fingerprint density at radius 1 is 1.52 bits per heavy atom. The van der Waals surface area contributed by atoms with Crippen LogP contribution >= 0.6 is 0 Å². The van der Waals surface area contributed by atoms with E-state index in [0.29, 0.717) is 24.4 Å². The van der Waals surface area contributed by atoms with Gasteiger partial charge in [0.25, 0.3) is 0 Å². The van der Waals surface area contributed by atoms with Gasteiger partial charge >= 0.3 is 11.7 Å². The zero-order chi connectivity index (χ0) is 15.7. The Hall–Kier alpha value is -2.12. The Morgan fingerprint density at radius 3 is 2.71 bits per heavy atom. The molecule has 0 aromatic carbocycles. The normalized spacial score (nSPS) is 21.7. The lowest BCUT2D eigenvalue weighted by Crippen LogP contribution is -2.30. The van der Waals surface area contributed by atoms with Crippen molar-refractivity contribution in [2.24, 2.45) is 13.0 Å². The largest absolute Gasteiger partial charge is 0.481 e. The van der Waals surface area contributed by atoms with Gasteiger partial charge in [0.1, 0.15) is 5.69 Å². The van der Waals surface area contributed by atoms with Crippen LogP contribution in [0.15, 0.2) is 0 Å². The summed E-state index contributed by atoms with van der Waals surface area (Å²) in [6.07, 6.45) is 2.09. The minimum absolute atomic E-state index is 0.0523. The van der Waals surface area contributed by atoms with Gasteiger partial charge in [0.05, 0.1) is 10.8 Å². The number of nitrogens with zero attached hydrogens (tertiary/aromatic N) is 3. The van der Waals surface area contributed by atoms with Crippen molar-refractivity contribution in [1.82, 2.24) is 9.78 Å². The zero-order valence-electron chi connectivity index (χ0n) is 12.4. The van der Waals surface area contributed by atoms with Crippen LogP contribution in [0.5, 0.6) is 0 Å². The van der Waals surface area contributed by atoms with Crippen molar-refractivity contribution in [3.8, 4) is 0 Å². The highest BCUT2D eigenvalue weighted by atomic mass is 16.6. The summed E-state index contributed by atoms with van der Waals surface area (Å²) in [7, 11) is 1.63. The Bertz CT molecular complexity index is 567. The molecule has 0 bridgehead atoms. The number of aromatic nitrogens is 2. The first-order valence-electron chi connectivity index (χ1n) is 7.03. The molecule has 116 valence electrons. The van der Waals surface area contributed by atoms with Crippen LogP contribution in [-0.2, 0) is 11.8 Å². The zero-order valence-corrected chi connectivity index (χ0v) is 12.4. The topological polar surface area (TPSA) is 110 Å². The SMILES string of the molecule is CC(C)c1nn(C)c(NC2CCCC2C(=O)O)c1[N+](=O)[O-]. The molecule has 1 fully saturated rings. The molecule has 2 unspecified atom stereocenters. The maximum atomic E-state index is 11.3. The maximum Gasteiger partial charge on any atom is 0.334 e. The standard InChI is InChI=1S/C13H20N4O4/c1-7(2)10-11(17(20)21)12(16(3)15-10)14-9-6-4-5-8(9)13(18)19/h7-9,14H,4-6H2,1-3H3,(H,18,19). The summed E-state index contributed by atoms with van der Waals surface area (Å²) in [5, 5.41) is 27.8. The van der Waals surface area contributed by atoms with Crippen LogP contribution in [0.2, 0.25) is 0 Å². The molecule has 2 N–H and O–H groups in total. The molecule has 8 nitrogen and oxygen atoms in total. The fraction of sp³-hybridized carbons (Fsp3) is 0.692. The number of rotatable bonds is 5. The van der Waals surface area contributed by atoms with Crippen LogP contribution in [0, 0.1) is 16.0 Å². The Kier molecular flexibility index (Phi) is 4.15. The molecule has 21 heavy (non-hydrogen) atoms. The lowest BCUT2D eigenvalue weighted by atomic mass is 10.0. The van der Waals surface area contributed by atoms with Crippen molar-refractivity contribution in [2.75, 3.05) is 5.32 Å². The second-order valence-corrected chi connectivity index (χ2v) is 5.74. The molecule has 8 heteroatoms. The van der Waals surface area contributed by atoms with Gasteiger partial charge in [-0.2, -0.15) is 5.10 Å². The summed E-state index contributed by atoms with van der Waals surface area (Å²) in [5.74, 6) is -1.16. The number of carboxylic acid groups (broad SMARTS) is 1. The third-order valence-electron chi connectivity index (χ3n) is 3.93. The van der Waals surface area contributed by atoms with Gasteiger partial charge in [0.15, 0.2) is 0 Å². The molecule has 1 aromatic rings. The van der Waals surface area contributed by atoms with E-state index in [1.807, 2.05) is 13.8 Å². The predicted molar refractivity (Wildman–Crippen MR) is 76.3 cm³/mol. The number of carbonyl (C=O) groups is 1. The quantitative estimate of drug-likeness (QED) is 0.636. The number of nitro groups is 1. The summed E-state index contributed by atoms with van der Waals surface area (Å²) in [6, 6.07) is -0.295. The summed E-state index contributed by atoms with van der Waals surface area (Å²) in [6.45, 7) is 3.68. The molecule has 0 spiro atoms. The van der Waals surface area contributed by atoms with Gasteiger partial charge in [0.2, 0.25) is 5.82 Å². The summed E-state index contributed by atoms with van der Waals surface area (Å²) >= 11 is 0. The van der Waals surface area contributed by atoms with Crippen LogP contribution in [0.25, 0.3) is 0 Å². The molecule has 2 atom stereocenters. The van der Waals surface area contributed by atoms with Gasteiger partial charge < -0.3 is 10.4 Å². The molecule has 1 aliphatic carbocycles. The minimum Gasteiger partial charge on any atom is -0.481 e. The van der Waals surface area contributed by atoms with E-state index < -0.39 is 16.8 Å². The number of aliphatic carboxylic acids is 1. The maximum absolute atomic E-state index is 11.3. The van der Waals surface area contributed by atoms with E-state index in [2.05, 4.69) is 10.4 Å². The molecule has 0 amide bonds. The lowest BCUT2D eigenvalue weighted by molar-refractivity contribution is -0.384. The summed E-state index contributed by atoms with van der Waals surface area (Å²) in [5.41, 5.74) is 0.360. The van der Waals surface area contributed by atoms with Crippen LogP contribution in [0.4, 0.5) is 11.5 Å². The number of aryl methyl sites for hydroxylation is 1. The first-order valence-corrected chi connectivity index (χ1v) is 7.03. The van der Waals surface area contributed by atoms with E-state index >= 15 is 0 Å². The second-order valence-electron chi connectivity index (χ2n) is 5.74. The van der Waals surface area contributed by atoms with Gasteiger partial charge in [-0.3, -0.25) is 14.9 Å². The Balaban J connectivity index is 2.35. The highest BCUT2D eigenvalue weighted by Gasteiger charge is 2.36. The molecular weight excluding hydrogens is 276 g/mol. The van der Waals surface area contributed by atoms with E-state index in [1.165, 1.54) is 4.68 Å². The number of carboxylic acids is 1. The Labute approximate surface area is 122 Å². The average molecular weight is 296 g/mol. The fourth-order valence-electron chi connectivity index (χ4n) is 2.87. The van der Waals surface area contributed by atoms with E-state index in [-0.39, 0.29) is 17.6 Å². The predicted octanol–water partition coefficient (Wildman–Crippen LogP) is 2.12. The molecule has 1 saturated carbocycles. The van der Waals surface area contributed by atoms with Crippen molar-refractivity contribution in [3.63, 3.8) is 0 Å². The van der Waals surface area contributed by atoms with Crippen molar-refractivity contribution in [1.29, 1.82) is 0 Å². The second kappa shape index (κ2) is 5.71. The molecule has 0 aliphatic heterocycles. The smallest absolute Gasteiger partial charge is 0.334 e. The highest BCUT2D eigenvalue weighted by Crippen LogP contribution is 2.36. The van der Waals surface area contributed by atoms with Crippen molar-refractivity contribution in [2.45, 2.75) is 45.1 Å². The number of nitrogens with one attached hydrogen (secondary N) is 1. The van der Waals surface area contributed by atoms with Gasteiger partial charge in [-0.25, -0.2) is 4.68 Å². The van der Waals surface area contributed by atoms with E-state index in [0.717, 1.165) is 6.42 Å². The summed E-state index contributed by atoms with van der Waals surface area (Å²) < 4.78 is 1.44. The fourth-order valence-corrected chi connectivity index (χ4v) is 2.87. The van der Waals surface area contributed by atoms with Crippen molar-refractivity contribution < 1.29 is 14.8 Å². The van der Waals surface area contributed by atoms with Crippen LogP contribution < -0.4 is 5.32 Å². The average Bonchev–Trinajstić information content (AvgIpc) is 2.95. The van der Waals surface area contributed by atoms with Crippen LogP contribution in [-0.4, -0.2) is 31.8 Å².